The van der Waals surface area contributed by atoms with Crippen molar-refractivity contribution in [2.45, 2.75) is 32.6 Å². The van der Waals surface area contributed by atoms with Gasteiger partial charge in [-0.15, -0.1) is 0 Å². The summed E-state index contributed by atoms with van der Waals surface area (Å²) in [5.74, 6) is 1.28. The molecule has 1 aliphatic rings. The van der Waals surface area contributed by atoms with Crippen molar-refractivity contribution in [1.29, 1.82) is 0 Å². The van der Waals surface area contributed by atoms with Crippen molar-refractivity contribution in [2.75, 3.05) is 5.43 Å². The molecule has 1 fully saturated rings. The summed E-state index contributed by atoms with van der Waals surface area (Å²) < 4.78 is 0. The number of pyridine rings is 1. The van der Waals surface area contributed by atoms with Crippen LogP contribution in [-0.4, -0.2) is 10.7 Å². The molecule has 0 unspecified atom stereocenters. The van der Waals surface area contributed by atoms with Gasteiger partial charge < -0.3 is 0 Å². The van der Waals surface area contributed by atoms with E-state index in [4.69, 9.17) is 23.2 Å². The molecule has 1 aromatic heterocycles. The van der Waals surface area contributed by atoms with Crippen LogP contribution in [0.4, 0.5) is 5.82 Å². The van der Waals surface area contributed by atoms with Gasteiger partial charge in [-0.3, -0.25) is 5.43 Å². The van der Waals surface area contributed by atoms with E-state index in [1.165, 1.54) is 18.6 Å². The Labute approximate surface area is 111 Å². The molecule has 1 atom stereocenters. The Kier molecular flexibility index (Phi) is 4.24. The number of halogens is 2. The van der Waals surface area contributed by atoms with Crippen molar-refractivity contribution in [3.05, 3.63) is 22.3 Å². The SMILES string of the molecule is C[C@@H]1CCC/C(=N/Nc2ncc(Cl)cc2Cl)C1. The van der Waals surface area contributed by atoms with Crippen molar-refractivity contribution in [3.63, 3.8) is 0 Å². The molecule has 0 amide bonds. The molecule has 1 N–H and O–H groups in total. The summed E-state index contributed by atoms with van der Waals surface area (Å²) in [6.45, 7) is 2.25. The van der Waals surface area contributed by atoms with Crippen LogP contribution in [0.2, 0.25) is 10.0 Å². The van der Waals surface area contributed by atoms with Crippen molar-refractivity contribution in [1.82, 2.24) is 4.98 Å². The molecule has 0 saturated heterocycles. The zero-order valence-corrected chi connectivity index (χ0v) is 11.2. The Morgan fingerprint density at radius 1 is 1.47 bits per heavy atom. The lowest BCUT2D eigenvalue weighted by atomic mass is 9.89. The summed E-state index contributed by atoms with van der Waals surface area (Å²) in [7, 11) is 0. The molecule has 3 nitrogen and oxygen atoms in total. The van der Waals surface area contributed by atoms with E-state index in [0.29, 0.717) is 15.9 Å². The molecule has 1 aromatic rings. The van der Waals surface area contributed by atoms with Crippen molar-refractivity contribution in [2.24, 2.45) is 11.0 Å². The van der Waals surface area contributed by atoms with E-state index in [-0.39, 0.29) is 0 Å². The van der Waals surface area contributed by atoms with E-state index in [0.717, 1.165) is 18.8 Å². The Hall–Kier alpha value is -0.800. The van der Waals surface area contributed by atoms with E-state index < -0.39 is 0 Å². The van der Waals surface area contributed by atoms with Crippen molar-refractivity contribution in [3.8, 4) is 0 Å². The number of nitrogens with one attached hydrogen (secondary N) is 1. The fourth-order valence-electron chi connectivity index (χ4n) is 1.99. The first-order valence-electron chi connectivity index (χ1n) is 5.77. The maximum Gasteiger partial charge on any atom is 0.165 e. The Bertz CT molecular complexity index is 432. The number of hydrazone groups is 1. The first-order valence-corrected chi connectivity index (χ1v) is 6.53. The minimum absolute atomic E-state index is 0.491. The fraction of sp³-hybridized carbons (Fsp3) is 0.500. The van der Waals surface area contributed by atoms with Crippen LogP contribution in [0.5, 0.6) is 0 Å². The number of aromatic nitrogens is 1. The predicted molar refractivity (Wildman–Crippen MR) is 72.9 cm³/mol. The van der Waals surface area contributed by atoms with Gasteiger partial charge in [-0.1, -0.05) is 30.1 Å². The van der Waals surface area contributed by atoms with Crippen LogP contribution in [0.3, 0.4) is 0 Å². The van der Waals surface area contributed by atoms with Gasteiger partial charge in [0.2, 0.25) is 0 Å². The number of nitrogens with zero attached hydrogens (tertiary/aromatic N) is 2. The maximum atomic E-state index is 6.00. The van der Waals surface area contributed by atoms with Crippen molar-refractivity contribution < 1.29 is 0 Å². The smallest absolute Gasteiger partial charge is 0.165 e. The normalized spacial score (nSPS) is 22.8. The summed E-state index contributed by atoms with van der Waals surface area (Å²) in [5.41, 5.74) is 4.11. The molecule has 0 bridgehead atoms. The number of anilines is 1. The summed E-state index contributed by atoms with van der Waals surface area (Å²) in [4.78, 5) is 4.10. The summed E-state index contributed by atoms with van der Waals surface area (Å²) >= 11 is 11.8. The van der Waals surface area contributed by atoms with Crippen LogP contribution in [0.15, 0.2) is 17.4 Å². The van der Waals surface area contributed by atoms with Gasteiger partial charge in [0, 0.05) is 11.9 Å². The standard InChI is InChI=1S/C12H15Cl2N3/c1-8-3-2-4-10(5-8)16-17-12-11(14)6-9(13)7-15-12/h6-8H,2-5H2,1H3,(H,15,17)/b16-10-/t8-/m1/s1. The number of hydrogen-bond donors (Lipinski definition) is 1. The number of hydrogen-bond acceptors (Lipinski definition) is 3. The third-order valence-corrected chi connectivity index (χ3v) is 3.37. The molecule has 1 heterocycles. The van der Waals surface area contributed by atoms with E-state index in [1.807, 2.05) is 0 Å². The molecular weight excluding hydrogens is 257 g/mol. The monoisotopic (exact) mass is 271 g/mol. The second kappa shape index (κ2) is 5.69. The molecular formula is C12H15Cl2N3. The maximum absolute atomic E-state index is 6.00. The first-order chi connectivity index (χ1) is 8.15. The van der Waals surface area contributed by atoms with Gasteiger partial charge in [0.05, 0.1) is 10.0 Å². The summed E-state index contributed by atoms with van der Waals surface area (Å²) in [6, 6.07) is 1.65. The van der Waals surface area contributed by atoms with Gasteiger partial charge in [-0.05, 0) is 37.7 Å². The second-order valence-electron chi connectivity index (χ2n) is 4.48. The van der Waals surface area contributed by atoms with Crippen LogP contribution in [-0.2, 0) is 0 Å². The van der Waals surface area contributed by atoms with Gasteiger partial charge in [-0.25, -0.2) is 4.98 Å². The van der Waals surface area contributed by atoms with Gasteiger partial charge in [0.25, 0.3) is 0 Å². The topological polar surface area (TPSA) is 37.3 Å². The van der Waals surface area contributed by atoms with Crippen LogP contribution in [0, 0.1) is 5.92 Å². The van der Waals surface area contributed by atoms with Gasteiger partial charge in [-0.2, -0.15) is 5.10 Å². The van der Waals surface area contributed by atoms with E-state index in [9.17, 15) is 0 Å². The van der Waals surface area contributed by atoms with Gasteiger partial charge >= 0.3 is 0 Å². The minimum atomic E-state index is 0.491. The zero-order chi connectivity index (χ0) is 12.3. The van der Waals surface area contributed by atoms with Crippen LogP contribution in [0.25, 0.3) is 0 Å². The highest BCUT2D eigenvalue weighted by Crippen LogP contribution is 2.24. The average molecular weight is 272 g/mol. The minimum Gasteiger partial charge on any atom is -0.260 e. The molecule has 1 aliphatic carbocycles. The lowest BCUT2D eigenvalue weighted by Crippen LogP contribution is -2.14. The van der Waals surface area contributed by atoms with E-state index in [1.54, 1.807) is 12.3 Å². The third-order valence-electron chi connectivity index (χ3n) is 2.87. The molecule has 0 aliphatic heterocycles. The lowest BCUT2D eigenvalue weighted by Gasteiger charge is -2.19. The highest BCUT2D eigenvalue weighted by molar-refractivity contribution is 6.35. The third kappa shape index (κ3) is 3.58. The first kappa shape index (κ1) is 12.7. The molecule has 17 heavy (non-hydrogen) atoms. The second-order valence-corrected chi connectivity index (χ2v) is 5.32. The van der Waals surface area contributed by atoms with Crippen LogP contribution >= 0.6 is 23.2 Å². The largest absolute Gasteiger partial charge is 0.260 e. The van der Waals surface area contributed by atoms with Crippen LogP contribution < -0.4 is 5.43 Å². The summed E-state index contributed by atoms with van der Waals surface area (Å²) in [6.07, 6.45) is 6.17. The van der Waals surface area contributed by atoms with E-state index in [2.05, 4.69) is 22.4 Å². The van der Waals surface area contributed by atoms with Crippen LogP contribution in [0.1, 0.15) is 32.6 Å². The zero-order valence-electron chi connectivity index (χ0n) is 9.71. The molecule has 1 saturated carbocycles. The quantitative estimate of drug-likeness (QED) is 0.812. The Balaban J connectivity index is 2.03. The fourth-order valence-corrected chi connectivity index (χ4v) is 2.41. The lowest BCUT2D eigenvalue weighted by molar-refractivity contribution is 0.500. The van der Waals surface area contributed by atoms with E-state index >= 15 is 0 Å². The van der Waals surface area contributed by atoms with Gasteiger partial charge in [0.15, 0.2) is 5.82 Å². The molecule has 2 rings (SSSR count). The predicted octanol–water partition coefficient (Wildman–Crippen LogP) is 4.37. The molecule has 5 heteroatoms. The molecule has 92 valence electrons. The molecule has 0 aromatic carbocycles. The average Bonchev–Trinajstić information content (AvgIpc) is 2.28. The van der Waals surface area contributed by atoms with Gasteiger partial charge in [0.1, 0.15) is 0 Å². The van der Waals surface area contributed by atoms with Crippen molar-refractivity contribution >= 4 is 34.7 Å². The number of rotatable bonds is 2. The Morgan fingerprint density at radius 2 is 2.29 bits per heavy atom. The molecule has 0 radical (unpaired) electrons. The Morgan fingerprint density at radius 3 is 3.00 bits per heavy atom. The molecule has 0 spiro atoms. The highest BCUT2D eigenvalue weighted by atomic mass is 35.5. The summed E-state index contributed by atoms with van der Waals surface area (Å²) in [5, 5.41) is 5.39. The highest BCUT2D eigenvalue weighted by Gasteiger charge is 2.14.